The molecule has 0 aliphatic carbocycles. The number of para-hydroxylation sites is 1. The van der Waals surface area contributed by atoms with Gasteiger partial charge in [0.05, 0.1) is 12.7 Å². The number of piperidine rings is 1. The first-order valence-electron chi connectivity index (χ1n) is 9.80. The van der Waals surface area contributed by atoms with E-state index in [1.54, 1.807) is 16.9 Å². The highest BCUT2D eigenvalue weighted by molar-refractivity contribution is 6.05. The second-order valence-electron chi connectivity index (χ2n) is 7.55. The lowest BCUT2D eigenvalue weighted by Gasteiger charge is -2.29. The van der Waals surface area contributed by atoms with Crippen molar-refractivity contribution in [1.29, 1.82) is 0 Å². The summed E-state index contributed by atoms with van der Waals surface area (Å²) in [5, 5.41) is 14.4. The van der Waals surface area contributed by atoms with Crippen molar-refractivity contribution in [1.82, 2.24) is 20.3 Å². The molecule has 1 fully saturated rings. The van der Waals surface area contributed by atoms with Crippen LogP contribution in [0.15, 0.2) is 54.7 Å². The van der Waals surface area contributed by atoms with E-state index in [1.807, 2.05) is 49.4 Å². The molecule has 4 rings (SSSR count). The van der Waals surface area contributed by atoms with E-state index in [0.29, 0.717) is 37.2 Å². The van der Waals surface area contributed by atoms with Crippen LogP contribution in [0.3, 0.4) is 0 Å². The van der Waals surface area contributed by atoms with E-state index in [1.165, 1.54) is 0 Å². The molecular weight excluding hydrogens is 369 g/mol. The van der Waals surface area contributed by atoms with Gasteiger partial charge in [-0.3, -0.25) is 4.79 Å². The lowest BCUT2D eigenvalue weighted by Crippen LogP contribution is -2.41. The molecule has 0 spiro atoms. The first-order chi connectivity index (χ1) is 14.0. The molecule has 0 saturated carbocycles. The monoisotopic (exact) mass is 393 g/mol. The molecule has 0 bridgehead atoms. The predicted octanol–water partition coefficient (Wildman–Crippen LogP) is 3.60. The Bertz CT molecular complexity index is 995. The van der Waals surface area contributed by atoms with Gasteiger partial charge in [0.15, 0.2) is 0 Å². The van der Waals surface area contributed by atoms with Crippen LogP contribution in [-0.4, -0.2) is 39.7 Å². The normalized spacial score (nSPS) is 15.8. The van der Waals surface area contributed by atoms with Gasteiger partial charge >= 0.3 is 0 Å². The Morgan fingerprint density at radius 3 is 2.72 bits per heavy atom. The van der Waals surface area contributed by atoms with E-state index in [2.05, 4.69) is 20.9 Å². The molecule has 2 heterocycles. The van der Waals surface area contributed by atoms with Gasteiger partial charge in [-0.15, -0.1) is 5.10 Å². The maximum absolute atomic E-state index is 14.9. The van der Waals surface area contributed by atoms with Crippen LogP contribution in [0.4, 0.5) is 10.1 Å². The number of amides is 1. The Morgan fingerprint density at radius 1 is 1.21 bits per heavy atom. The van der Waals surface area contributed by atoms with Gasteiger partial charge in [-0.05, 0) is 56.6 Å². The van der Waals surface area contributed by atoms with Gasteiger partial charge in [0.2, 0.25) is 0 Å². The summed E-state index contributed by atoms with van der Waals surface area (Å²) < 4.78 is 16.5. The average molecular weight is 393 g/mol. The second kappa shape index (κ2) is 8.13. The van der Waals surface area contributed by atoms with Crippen LogP contribution < -0.4 is 10.6 Å². The lowest BCUT2D eigenvalue weighted by molar-refractivity contribution is 0.0887. The topological polar surface area (TPSA) is 71.8 Å². The van der Waals surface area contributed by atoms with Crippen LogP contribution in [0.5, 0.6) is 0 Å². The van der Waals surface area contributed by atoms with Gasteiger partial charge < -0.3 is 10.6 Å². The van der Waals surface area contributed by atoms with Gasteiger partial charge in [-0.25, -0.2) is 9.07 Å². The number of anilines is 1. The fraction of sp³-hybridized carbons (Fsp3) is 0.318. The van der Waals surface area contributed by atoms with E-state index in [0.717, 1.165) is 16.8 Å². The van der Waals surface area contributed by atoms with Crippen LogP contribution in [0.25, 0.3) is 11.3 Å². The summed E-state index contributed by atoms with van der Waals surface area (Å²) in [6, 6.07) is 14.9. The SMILES string of the molecule is Cc1ccc(-c2cn(CC3(F)CCNCC3)nn2)cc1C(=O)Nc1ccccc1. The molecule has 6 nitrogen and oxygen atoms in total. The number of nitrogens with one attached hydrogen (secondary N) is 2. The third kappa shape index (κ3) is 4.51. The predicted molar refractivity (Wildman–Crippen MR) is 111 cm³/mol. The number of rotatable bonds is 5. The third-order valence-electron chi connectivity index (χ3n) is 5.29. The quantitative estimate of drug-likeness (QED) is 0.695. The Balaban J connectivity index is 1.53. The van der Waals surface area contributed by atoms with Crippen LogP contribution in [0, 0.1) is 6.92 Å². The molecule has 1 aromatic heterocycles. The molecule has 0 unspecified atom stereocenters. The van der Waals surface area contributed by atoms with E-state index < -0.39 is 5.67 Å². The largest absolute Gasteiger partial charge is 0.322 e. The molecule has 150 valence electrons. The Morgan fingerprint density at radius 2 is 1.97 bits per heavy atom. The fourth-order valence-corrected chi connectivity index (χ4v) is 3.58. The number of aromatic nitrogens is 3. The number of halogens is 1. The summed E-state index contributed by atoms with van der Waals surface area (Å²) in [6.07, 6.45) is 2.68. The third-order valence-corrected chi connectivity index (χ3v) is 5.29. The number of aryl methyl sites for hydroxylation is 1. The van der Waals surface area contributed by atoms with Crippen LogP contribution in [0.2, 0.25) is 0 Å². The number of alkyl halides is 1. The number of nitrogens with zero attached hydrogens (tertiary/aromatic N) is 3. The summed E-state index contributed by atoms with van der Waals surface area (Å²) in [6.45, 7) is 3.44. The highest BCUT2D eigenvalue weighted by atomic mass is 19.1. The molecule has 3 aromatic rings. The van der Waals surface area contributed by atoms with Crippen molar-refractivity contribution in [2.75, 3.05) is 18.4 Å². The molecule has 29 heavy (non-hydrogen) atoms. The summed E-state index contributed by atoms with van der Waals surface area (Å²) in [4.78, 5) is 12.7. The van der Waals surface area contributed by atoms with E-state index in [9.17, 15) is 9.18 Å². The average Bonchev–Trinajstić information content (AvgIpc) is 3.17. The maximum Gasteiger partial charge on any atom is 0.255 e. The van der Waals surface area contributed by atoms with Crippen molar-refractivity contribution < 1.29 is 9.18 Å². The van der Waals surface area contributed by atoms with E-state index in [-0.39, 0.29) is 12.5 Å². The van der Waals surface area contributed by atoms with Crippen molar-refractivity contribution in [2.24, 2.45) is 0 Å². The van der Waals surface area contributed by atoms with Crippen LogP contribution >= 0.6 is 0 Å². The minimum absolute atomic E-state index is 0.180. The van der Waals surface area contributed by atoms with Crippen molar-refractivity contribution in [3.8, 4) is 11.3 Å². The first-order valence-corrected chi connectivity index (χ1v) is 9.80. The fourth-order valence-electron chi connectivity index (χ4n) is 3.58. The van der Waals surface area contributed by atoms with E-state index >= 15 is 0 Å². The zero-order valence-corrected chi connectivity index (χ0v) is 16.4. The first kappa shape index (κ1) is 19.3. The molecule has 1 aliphatic rings. The molecular formula is C22H24FN5O. The van der Waals surface area contributed by atoms with Gasteiger partial charge in [0.25, 0.3) is 5.91 Å². The minimum atomic E-state index is -1.26. The summed E-state index contributed by atoms with van der Waals surface area (Å²) in [5.74, 6) is -0.180. The number of hydrogen-bond acceptors (Lipinski definition) is 4. The number of hydrogen-bond donors (Lipinski definition) is 2. The van der Waals surface area contributed by atoms with Crippen molar-refractivity contribution in [3.05, 3.63) is 65.9 Å². The Kier molecular flexibility index (Phi) is 5.40. The van der Waals surface area contributed by atoms with Gasteiger partial charge in [-0.2, -0.15) is 0 Å². The van der Waals surface area contributed by atoms with Crippen LogP contribution in [0.1, 0.15) is 28.8 Å². The zero-order chi connectivity index (χ0) is 20.3. The van der Waals surface area contributed by atoms with Crippen molar-refractivity contribution >= 4 is 11.6 Å². The molecule has 1 amide bonds. The van der Waals surface area contributed by atoms with Gasteiger partial charge in [-0.1, -0.05) is 35.5 Å². The van der Waals surface area contributed by atoms with Crippen LogP contribution in [-0.2, 0) is 6.54 Å². The smallest absolute Gasteiger partial charge is 0.255 e. The Hall–Kier alpha value is -3.06. The van der Waals surface area contributed by atoms with Gasteiger partial charge in [0.1, 0.15) is 11.4 Å². The van der Waals surface area contributed by atoms with Crippen molar-refractivity contribution in [3.63, 3.8) is 0 Å². The standard InChI is InChI=1S/C22H24FN5O/c1-16-7-8-17(13-19(16)21(29)25-18-5-3-2-4-6-18)20-14-28(27-26-20)15-22(23)9-11-24-12-10-22/h2-8,13-14,24H,9-12,15H2,1H3,(H,25,29). The number of carbonyl (C=O) groups is 1. The number of benzene rings is 2. The molecule has 0 atom stereocenters. The maximum atomic E-state index is 14.9. The van der Waals surface area contributed by atoms with Crippen molar-refractivity contribution in [2.45, 2.75) is 32.0 Å². The minimum Gasteiger partial charge on any atom is -0.322 e. The summed E-state index contributed by atoms with van der Waals surface area (Å²) >= 11 is 0. The molecule has 2 aromatic carbocycles. The molecule has 1 saturated heterocycles. The Labute approximate surface area is 169 Å². The molecule has 0 radical (unpaired) electrons. The highest BCUT2D eigenvalue weighted by Gasteiger charge is 2.32. The zero-order valence-electron chi connectivity index (χ0n) is 16.4. The number of carbonyl (C=O) groups excluding carboxylic acids is 1. The van der Waals surface area contributed by atoms with Gasteiger partial charge in [0, 0.05) is 16.8 Å². The molecule has 2 N–H and O–H groups in total. The highest BCUT2D eigenvalue weighted by Crippen LogP contribution is 2.26. The summed E-state index contributed by atoms with van der Waals surface area (Å²) in [5.41, 5.74) is 2.32. The second-order valence-corrected chi connectivity index (χ2v) is 7.55. The van der Waals surface area contributed by atoms with E-state index in [4.69, 9.17) is 0 Å². The molecule has 1 aliphatic heterocycles. The lowest BCUT2D eigenvalue weighted by atomic mass is 9.94. The molecule has 7 heteroatoms. The summed E-state index contributed by atoms with van der Waals surface area (Å²) in [7, 11) is 0.